The summed E-state index contributed by atoms with van der Waals surface area (Å²) >= 11 is 0. The molecule has 0 aliphatic heterocycles. The van der Waals surface area contributed by atoms with Gasteiger partial charge in [-0.3, -0.25) is 0 Å². The van der Waals surface area contributed by atoms with E-state index in [0.29, 0.717) is 5.92 Å². The molecule has 0 amide bonds. The Balaban J connectivity index is 2.66. The molecule has 0 bridgehead atoms. The Hall–Kier alpha value is -0.960. The van der Waals surface area contributed by atoms with Gasteiger partial charge in [0.1, 0.15) is 0 Å². The number of hydrogen-bond donors (Lipinski definition) is 0. The Morgan fingerprint density at radius 2 is 2.56 bits per heavy atom. The first-order valence-corrected chi connectivity index (χ1v) is 3.18. The van der Waals surface area contributed by atoms with Crippen molar-refractivity contribution < 1.29 is 0 Å². The standard InChI is InChI=1S/C9H10/c1-3-9-6-4-8(2)5-7-9/h1,4,6-8H,5H2,2H3. The van der Waals surface area contributed by atoms with Gasteiger partial charge in [-0.05, 0) is 12.3 Å². The van der Waals surface area contributed by atoms with Gasteiger partial charge in [-0.15, -0.1) is 6.42 Å². The minimum atomic E-state index is 0.669. The first kappa shape index (κ1) is 6.16. The molecule has 1 unspecified atom stereocenters. The average molecular weight is 118 g/mol. The lowest BCUT2D eigenvalue weighted by atomic mass is 9.99. The van der Waals surface area contributed by atoms with Crippen molar-refractivity contribution in [2.75, 3.05) is 0 Å². The number of allylic oxidation sites excluding steroid dienone is 4. The zero-order valence-electron chi connectivity index (χ0n) is 5.59. The molecule has 0 heteroatoms. The van der Waals surface area contributed by atoms with Crippen LogP contribution in [0.1, 0.15) is 13.3 Å². The van der Waals surface area contributed by atoms with E-state index in [2.05, 4.69) is 25.0 Å². The Morgan fingerprint density at radius 1 is 1.78 bits per heavy atom. The van der Waals surface area contributed by atoms with Crippen LogP contribution in [0.25, 0.3) is 0 Å². The summed E-state index contributed by atoms with van der Waals surface area (Å²) < 4.78 is 0. The molecule has 1 rings (SSSR count). The largest absolute Gasteiger partial charge is 0.115 e. The van der Waals surface area contributed by atoms with Crippen molar-refractivity contribution >= 4 is 0 Å². The van der Waals surface area contributed by atoms with E-state index in [0.717, 1.165) is 12.0 Å². The van der Waals surface area contributed by atoms with E-state index >= 15 is 0 Å². The predicted octanol–water partition coefficient (Wildman–Crippen LogP) is 2.14. The van der Waals surface area contributed by atoms with E-state index < -0.39 is 0 Å². The van der Waals surface area contributed by atoms with Gasteiger partial charge in [0.2, 0.25) is 0 Å². The summed E-state index contributed by atoms with van der Waals surface area (Å²) in [5, 5.41) is 0. The summed E-state index contributed by atoms with van der Waals surface area (Å²) in [6.45, 7) is 2.18. The quantitative estimate of drug-likeness (QED) is 0.427. The second-order valence-electron chi connectivity index (χ2n) is 2.38. The molecule has 0 N–H and O–H groups in total. The Bertz CT molecular complexity index is 189. The normalized spacial score (nSPS) is 24.9. The topological polar surface area (TPSA) is 0 Å². The summed E-state index contributed by atoms with van der Waals surface area (Å²) in [6, 6.07) is 0. The van der Waals surface area contributed by atoms with Crippen molar-refractivity contribution in [1.82, 2.24) is 0 Å². The van der Waals surface area contributed by atoms with Crippen LogP contribution < -0.4 is 0 Å². The van der Waals surface area contributed by atoms with Crippen LogP contribution >= 0.6 is 0 Å². The van der Waals surface area contributed by atoms with E-state index in [1.165, 1.54) is 0 Å². The highest BCUT2D eigenvalue weighted by atomic mass is 14.0. The molecule has 1 aliphatic rings. The van der Waals surface area contributed by atoms with Crippen molar-refractivity contribution in [3.05, 3.63) is 23.8 Å². The third-order valence-corrected chi connectivity index (χ3v) is 1.48. The van der Waals surface area contributed by atoms with Crippen LogP contribution in [0, 0.1) is 18.3 Å². The minimum absolute atomic E-state index is 0.669. The molecule has 1 aliphatic carbocycles. The molecule has 9 heavy (non-hydrogen) atoms. The van der Waals surface area contributed by atoms with Gasteiger partial charge in [0, 0.05) is 5.57 Å². The van der Waals surface area contributed by atoms with Gasteiger partial charge in [0.05, 0.1) is 0 Å². The SMILES string of the molecule is C#CC1=CCC(C)C=C1. The van der Waals surface area contributed by atoms with Gasteiger partial charge in [-0.1, -0.05) is 31.1 Å². The third kappa shape index (κ3) is 1.47. The average Bonchev–Trinajstić information content (AvgIpc) is 1.90. The maximum Gasteiger partial charge on any atom is 0.0199 e. The first-order chi connectivity index (χ1) is 4.33. The monoisotopic (exact) mass is 118 g/mol. The second-order valence-corrected chi connectivity index (χ2v) is 2.38. The molecule has 1 atom stereocenters. The van der Waals surface area contributed by atoms with Crippen LogP contribution in [0.15, 0.2) is 23.8 Å². The van der Waals surface area contributed by atoms with Gasteiger partial charge in [0.25, 0.3) is 0 Å². The van der Waals surface area contributed by atoms with Gasteiger partial charge >= 0.3 is 0 Å². The fraction of sp³-hybridized carbons (Fsp3) is 0.333. The summed E-state index contributed by atoms with van der Waals surface area (Å²) in [5.74, 6) is 3.27. The molecule has 0 aromatic heterocycles. The molecular weight excluding hydrogens is 108 g/mol. The van der Waals surface area contributed by atoms with E-state index in [-0.39, 0.29) is 0 Å². The third-order valence-electron chi connectivity index (χ3n) is 1.48. The van der Waals surface area contributed by atoms with E-state index in [1.54, 1.807) is 0 Å². The fourth-order valence-electron chi connectivity index (χ4n) is 0.834. The smallest absolute Gasteiger partial charge is 0.0199 e. The van der Waals surface area contributed by atoms with E-state index in [4.69, 9.17) is 6.42 Å². The summed E-state index contributed by atoms with van der Waals surface area (Å²) in [7, 11) is 0. The zero-order valence-corrected chi connectivity index (χ0v) is 5.59. The fourth-order valence-corrected chi connectivity index (χ4v) is 0.834. The molecule has 0 aromatic rings. The molecule has 0 heterocycles. The highest BCUT2D eigenvalue weighted by molar-refractivity contribution is 5.38. The lowest BCUT2D eigenvalue weighted by molar-refractivity contribution is 0.734. The van der Waals surface area contributed by atoms with Gasteiger partial charge in [0.15, 0.2) is 0 Å². The Morgan fingerprint density at radius 3 is 3.00 bits per heavy atom. The molecular formula is C9H10. The molecule has 0 radical (unpaired) electrons. The highest BCUT2D eigenvalue weighted by Crippen LogP contribution is 2.13. The van der Waals surface area contributed by atoms with Crippen LogP contribution in [0.4, 0.5) is 0 Å². The Kier molecular flexibility index (Phi) is 1.75. The van der Waals surface area contributed by atoms with Gasteiger partial charge in [-0.25, -0.2) is 0 Å². The zero-order chi connectivity index (χ0) is 6.69. The highest BCUT2D eigenvalue weighted by Gasteiger charge is 1.99. The molecule has 0 fully saturated rings. The van der Waals surface area contributed by atoms with Crippen LogP contribution in [-0.2, 0) is 0 Å². The van der Waals surface area contributed by atoms with Crippen LogP contribution in [0.5, 0.6) is 0 Å². The molecule has 0 nitrogen and oxygen atoms in total. The minimum Gasteiger partial charge on any atom is -0.115 e. The number of terminal acetylenes is 1. The van der Waals surface area contributed by atoms with Crippen LogP contribution in [-0.4, -0.2) is 0 Å². The first-order valence-electron chi connectivity index (χ1n) is 3.18. The molecule has 0 aromatic carbocycles. The molecule has 46 valence electrons. The van der Waals surface area contributed by atoms with Crippen molar-refractivity contribution in [2.45, 2.75) is 13.3 Å². The van der Waals surface area contributed by atoms with E-state index in [9.17, 15) is 0 Å². The van der Waals surface area contributed by atoms with Crippen molar-refractivity contribution in [3.63, 3.8) is 0 Å². The second kappa shape index (κ2) is 2.55. The maximum absolute atomic E-state index is 5.18. The van der Waals surface area contributed by atoms with Crippen molar-refractivity contribution in [1.29, 1.82) is 0 Å². The van der Waals surface area contributed by atoms with Gasteiger partial charge in [-0.2, -0.15) is 0 Å². The van der Waals surface area contributed by atoms with E-state index in [1.807, 2.05) is 6.08 Å². The lowest BCUT2D eigenvalue weighted by Gasteiger charge is -2.06. The van der Waals surface area contributed by atoms with Crippen LogP contribution in [0.3, 0.4) is 0 Å². The summed E-state index contributed by atoms with van der Waals surface area (Å²) in [5.41, 5.74) is 1.02. The molecule has 0 saturated carbocycles. The van der Waals surface area contributed by atoms with Gasteiger partial charge < -0.3 is 0 Å². The van der Waals surface area contributed by atoms with Crippen molar-refractivity contribution in [3.8, 4) is 12.3 Å². The van der Waals surface area contributed by atoms with Crippen LogP contribution in [0.2, 0.25) is 0 Å². The number of hydrogen-bond acceptors (Lipinski definition) is 0. The number of rotatable bonds is 0. The summed E-state index contributed by atoms with van der Waals surface area (Å²) in [6.07, 6.45) is 12.5. The summed E-state index contributed by atoms with van der Waals surface area (Å²) in [4.78, 5) is 0. The van der Waals surface area contributed by atoms with Crippen molar-refractivity contribution in [2.24, 2.45) is 5.92 Å². The predicted molar refractivity (Wildman–Crippen MR) is 39.8 cm³/mol. The molecule has 0 spiro atoms. The maximum atomic E-state index is 5.18. The molecule has 0 saturated heterocycles. The lowest BCUT2D eigenvalue weighted by Crippen LogP contribution is -1.92. The Labute approximate surface area is 56.3 Å².